The Hall–Kier alpha value is -3.15. The van der Waals surface area contributed by atoms with Gasteiger partial charge < -0.3 is 14.2 Å². The minimum Gasteiger partial charge on any atom is -0.462 e. The van der Waals surface area contributed by atoms with Crippen LogP contribution in [0.25, 0.3) is 0 Å². The van der Waals surface area contributed by atoms with Crippen LogP contribution in [0.1, 0.15) is 258 Å². The number of carbonyl (C=O) groups excluding carboxylic acids is 3. The van der Waals surface area contributed by atoms with Gasteiger partial charge in [0, 0.05) is 19.3 Å². The first-order chi connectivity index (χ1) is 31.5. The van der Waals surface area contributed by atoms with E-state index in [0.717, 1.165) is 96.3 Å². The van der Waals surface area contributed by atoms with Crippen LogP contribution >= 0.6 is 0 Å². The van der Waals surface area contributed by atoms with E-state index in [1.165, 1.54) is 122 Å². The molecule has 6 nitrogen and oxygen atoms in total. The Morgan fingerprint density at radius 3 is 1.11 bits per heavy atom. The van der Waals surface area contributed by atoms with Gasteiger partial charge in [-0.25, -0.2) is 0 Å². The maximum Gasteiger partial charge on any atom is 0.306 e. The Balaban J connectivity index is 4.42. The van der Waals surface area contributed by atoms with Gasteiger partial charge >= 0.3 is 17.9 Å². The van der Waals surface area contributed by atoms with Crippen LogP contribution < -0.4 is 0 Å². The number of hydrogen-bond acceptors (Lipinski definition) is 6. The van der Waals surface area contributed by atoms with E-state index in [1.807, 2.05) is 18.2 Å². The summed E-state index contributed by atoms with van der Waals surface area (Å²) < 4.78 is 16.8. The van der Waals surface area contributed by atoms with E-state index in [2.05, 4.69) is 75.5 Å². The van der Waals surface area contributed by atoms with Crippen molar-refractivity contribution < 1.29 is 28.6 Å². The summed E-state index contributed by atoms with van der Waals surface area (Å²) >= 11 is 0. The van der Waals surface area contributed by atoms with Crippen molar-refractivity contribution >= 4 is 17.9 Å². The van der Waals surface area contributed by atoms with Crippen LogP contribution in [0.2, 0.25) is 0 Å². The smallest absolute Gasteiger partial charge is 0.306 e. The van der Waals surface area contributed by atoms with Gasteiger partial charge in [-0.15, -0.1) is 0 Å². The van der Waals surface area contributed by atoms with Crippen LogP contribution in [-0.2, 0) is 28.6 Å². The summed E-state index contributed by atoms with van der Waals surface area (Å²) in [5.74, 6) is -0.912. The summed E-state index contributed by atoms with van der Waals surface area (Å²) in [6.07, 6.45) is 65.9. The minimum absolute atomic E-state index is 0.0860. The van der Waals surface area contributed by atoms with Gasteiger partial charge in [-0.3, -0.25) is 14.4 Å². The molecule has 0 fully saturated rings. The zero-order valence-electron chi connectivity index (χ0n) is 42.0. The molecule has 0 rings (SSSR count). The van der Waals surface area contributed by atoms with Crippen molar-refractivity contribution in [2.75, 3.05) is 13.2 Å². The van der Waals surface area contributed by atoms with Crippen LogP contribution in [0, 0.1) is 0 Å². The highest BCUT2D eigenvalue weighted by atomic mass is 16.6. The second kappa shape index (κ2) is 52.5. The predicted octanol–water partition coefficient (Wildman–Crippen LogP) is 17.8. The first kappa shape index (κ1) is 60.9. The van der Waals surface area contributed by atoms with E-state index in [0.29, 0.717) is 19.3 Å². The second-order valence-electron chi connectivity index (χ2n) is 17.9. The zero-order valence-corrected chi connectivity index (χ0v) is 42.0. The Morgan fingerprint density at radius 1 is 0.344 bits per heavy atom. The van der Waals surface area contributed by atoms with Crippen LogP contribution in [0.5, 0.6) is 0 Å². The lowest BCUT2D eigenvalue weighted by Gasteiger charge is -2.18. The molecular weight excluding hydrogens is 793 g/mol. The predicted molar refractivity (Wildman–Crippen MR) is 274 cm³/mol. The molecule has 0 aliphatic rings. The van der Waals surface area contributed by atoms with Crippen molar-refractivity contribution in [2.45, 2.75) is 264 Å². The van der Waals surface area contributed by atoms with E-state index in [9.17, 15) is 14.4 Å². The number of rotatable bonds is 48. The number of unbranched alkanes of at least 4 members (excludes halogenated alkanes) is 28. The highest BCUT2D eigenvalue weighted by molar-refractivity contribution is 5.71. The maximum absolute atomic E-state index is 12.8. The van der Waals surface area contributed by atoms with E-state index in [-0.39, 0.29) is 31.1 Å². The first-order valence-corrected chi connectivity index (χ1v) is 27.0. The van der Waals surface area contributed by atoms with Gasteiger partial charge in [0.15, 0.2) is 6.10 Å². The largest absolute Gasteiger partial charge is 0.462 e. The number of carbonyl (C=O) groups is 3. The number of allylic oxidation sites excluding steroid dienone is 12. The Morgan fingerprint density at radius 2 is 0.672 bits per heavy atom. The van der Waals surface area contributed by atoms with Gasteiger partial charge in [0.1, 0.15) is 13.2 Å². The fraction of sp³-hybridized carbons (Fsp3) is 0.741. The molecule has 0 amide bonds. The second-order valence-corrected chi connectivity index (χ2v) is 17.9. The summed E-state index contributed by atoms with van der Waals surface area (Å²) in [5, 5.41) is 0. The van der Waals surface area contributed by atoms with Crippen molar-refractivity contribution in [3.63, 3.8) is 0 Å². The lowest BCUT2D eigenvalue weighted by molar-refractivity contribution is -0.167. The molecule has 0 saturated heterocycles. The molecule has 0 aliphatic carbocycles. The topological polar surface area (TPSA) is 78.9 Å². The van der Waals surface area contributed by atoms with Crippen LogP contribution in [0.15, 0.2) is 72.9 Å². The molecule has 0 heterocycles. The molecule has 1 unspecified atom stereocenters. The normalized spacial score (nSPS) is 12.6. The van der Waals surface area contributed by atoms with Crippen molar-refractivity contribution in [3.05, 3.63) is 72.9 Å². The number of hydrogen-bond donors (Lipinski definition) is 0. The van der Waals surface area contributed by atoms with Crippen molar-refractivity contribution in [1.82, 2.24) is 0 Å². The molecule has 0 N–H and O–H groups in total. The molecule has 0 aromatic heterocycles. The van der Waals surface area contributed by atoms with Crippen LogP contribution in [-0.4, -0.2) is 37.2 Å². The van der Waals surface area contributed by atoms with Gasteiger partial charge in [-0.05, 0) is 70.6 Å². The fourth-order valence-electron chi connectivity index (χ4n) is 7.48. The van der Waals surface area contributed by atoms with Crippen molar-refractivity contribution in [1.29, 1.82) is 0 Å². The summed E-state index contributed by atoms with van der Waals surface area (Å²) in [6, 6.07) is 0. The molecule has 0 bridgehead atoms. The standard InChI is InChI=1S/C58H100O6/c1-4-7-10-13-16-19-22-25-28-29-31-33-36-39-42-45-48-51-57(60)63-54-55(53-62-56(59)50-47-44-41-38-35-32-27-24-21-18-15-12-9-6-3)64-58(61)52-49-46-43-40-37-34-30-26-23-20-17-14-11-8-5-2/h8,11,14,16-17,19-20,23,25-26,28,30,55H,4-7,9-10,12-13,15,18,21-22,24,27,29,31-54H2,1-3H3/b11-8-,17-14-,19-16-,23-20-,28-25-,30-26-. The van der Waals surface area contributed by atoms with Gasteiger partial charge in [0.25, 0.3) is 0 Å². The molecule has 0 aliphatic heterocycles. The summed E-state index contributed by atoms with van der Waals surface area (Å²) in [7, 11) is 0. The van der Waals surface area contributed by atoms with Crippen molar-refractivity contribution in [2.24, 2.45) is 0 Å². The van der Waals surface area contributed by atoms with E-state index < -0.39 is 6.10 Å². The van der Waals surface area contributed by atoms with Gasteiger partial charge in [-0.1, -0.05) is 241 Å². The molecule has 0 aromatic rings. The maximum atomic E-state index is 12.8. The van der Waals surface area contributed by atoms with E-state index >= 15 is 0 Å². The quantitative estimate of drug-likeness (QED) is 0.0199. The van der Waals surface area contributed by atoms with Gasteiger partial charge in [0.2, 0.25) is 0 Å². The molecule has 0 radical (unpaired) electrons. The van der Waals surface area contributed by atoms with E-state index in [1.54, 1.807) is 0 Å². The SMILES string of the molecule is CC\C=C/C=C\C=C/C=C\CCCCCCCC(=O)OC(COC(=O)CCCCCCCCC/C=C\C/C=C\CCCCC)COC(=O)CCCCCCCCCCCCCCCC. The summed E-state index contributed by atoms with van der Waals surface area (Å²) in [6.45, 7) is 6.46. The average molecular weight is 893 g/mol. The fourth-order valence-corrected chi connectivity index (χ4v) is 7.48. The minimum atomic E-state index is -0.789. The lowest BCUT2D eigenvalue weighted by Crippen LogP contribution is -2.30. The van der Waals surface area contributed by atoms with E-state index in [4.69, 9.17) is 14.2 Å². The molecule has 0 aromatic carbocycles. The molecular formula is C58H100O6. The monoisotopic (exact) mass is 893 g/mol. The molecule has 0 saturated carbocycles. The molecule has 368 valence electrons. The summed E-state index contributed by atoms with van der Waals surface area (Å²) in [5.41, 5.74) is 0. The Bertz CT molecular complexity index is 1210. The molecule has 6 heteroatoms. The third kappa shape index (κ3) is 49.9. The highest BCUT2D eigenvalue weighted by Crippen LogP contribution is 2.15. The summed E-state index contributed by atoms with van der Waals surface area (Å²) in [4.78, 5) is 38.1. The Kier molecular flexibility index (Phi) is 49.9. The van der Waals surface area contributed by atoms with Gasteiger partial charge in [-0.2, -0.15) is 0 Å². The number of ether oxygens (including phenoxy) is 3. The van der Waals surface area contributed by atoms with Crippen molar-refractivity contribution in [3.8, 4) is 0 Å². The van der Waals surface area contributed by atoms with Crippen LogP contribution in [0.4, 0.5) is 0 Å². The third-order valence-electron chi connectivity index (χ3n) is 11.5. The van der Waals surface area contributed by atoms with Gasteiger partial charge in [0.05, 0.1) is 0 Å². The molecule has 1 atom stereocenters. The Labute approximate surface area is 395 Å². The molecule has 64 heavy (non-hydrogen) atoms. The highest BCUT2D eigenvalue weighted by Gasteiger charge is 2.19. The van der Waals surface area contributed by atoms with Crippen LogP contribution in [0.3, 0.4) is 0 Å². The third-order valence-corrected chi connectivity index (χ3v) is 11.5. The molecule has 0 spiro atoms. The zero-order chi connectivity index (χ0) is 46.5. The first-order valence-electron chi connectivity index (χ1n) is 27.0. The lowest BCUT2D eigenvalue weighted by atomic mass is 10.0. The number of esters is 3. The average Bonchev–Trinajstić information content (AvgIpc) is 3.29.